The van der Waals surface area contributed by atoms with Crippen LogP contribution in [0.25, 0.3) is 0 Å². The molecule has 0 saturated heterocycles. The molecule has 0 aliphatic rings. The van der Waals surface area contributed by atoms with Crippen molar-refractivity contribution in [3.63, 3.8) is 0 Å². The lowest BCUT2D eigenvalue weighted by molar-refractivity contribution is 0.102. The number of halogens is 2. The van der Waals surface area contributed by atoms with Crippen LogP contribution in [0.1, 0.15) is 15.9 Å². The van der Waals surface area contributed by atoms with Crippen LogP contribution >= 0.6 is 0 Å². The van der Waals surface area contributed by atoms with E-state index in [-0.39, 0.29) is 11.3 Å². The minimum absolute atomic E-state index is 0.0951. The predicted molar refractivity (Wildman–Crippen MR) is 72.8 cm³/mol. The van der Waals surface area contributed by atoms with Crippen LogP contribution in [-0.4, -0.2) is 17.9 Å². The Morgan fingerprint density at radius 3 is 2.45 bits per heavy atom. The van der Waals surface area contributed by atoms with Crippen LogP contribution in [0.2, 0.25) is 0 Å². The highest BCUT2D eigenvalue weighted by Gasteiger charge is 2.15. The quantitative estimate of drug-likeness (QED) is 0.907. The van der Waals surface area contributed by atoms with E-state index in [1.807, 2.05) is 0 Å². The van der Waals surface area contributed by atoms with E-state index in [0.29, 0.717) is 5.69 Å². The lowest BCUT2D eigenvalue weighted by atomic mass is 10.1. The van der Waals surface area contributed by atoms with Gasteiger partial charge in [0, 0.05) is 18.8 Å². The van der Waals surface area contributed by atoms with Crippen molar-refractivity contribution in [3.05, 3.63) is 53.4 Å². The maximum atomic E-state index is 13.6. The number of amides is 1. The summed E-state index contributed by atoms with van der Waals surface area (Å²) in [6.45, 7) is 1.79. The topological polar surface area (TPSA) is 54.0 Å². The van der Waals surface area contributed by atoms with Crippen molar-refractivity contribution in [1.82, 2.24) is 4.98 Å². The molecular formula is C14H13F2N3O. The summed E-state index contributed by atoms with van der Waals surface area (Å²) < 4.78 is 27.2. The molecule has 0 spiro atoms. The molecule has 6 heteroatoms. The molecule has 0 aliphatic heterocycles. The van der Waals surface area contributed by atoms with Gasteiger partial charge in [0.25, 0.3) is 5.91 Å². The molecule has 0 atom stereocenters. The van der Waals surface area contributed by atoms with Gasteiger partial charge in [-0.2, -0.15) is 0 Å². The van der Waals surface area contributed by atoms with Crippen LogP contribution in [0, 0.1) is 18.6 Å². The van der Waals surface area contributed by atoms with E-state index in [0.717, 1.165) is 17.7 Å². The molecule has 0 aliphatic carbocycles. The Morgan fingerprint density at radius 2 is 1.90 bits per heavy atom. The number of aryl methyl sites for hydroxylation is 1. The van der Waals surface area contributed by atoms with E-state index < -0.39 is 17.5 Å². The van der Waals surface area contributed by atoms with Crippen molar-refractivity contribution in [3.8, 4) is 0 Å². The first-order chi connectivity index (χ1) is 9.52. The second-order valence-corrected chi connectivity index (χ2v) is 4.21. The summed E-state index contributed by atoms with van der Waals surface area (Å²) in [5, 5.41) is 4.96. The van der Waals surface area contributed by atoms with E-state index in [2.05, 4.69) is 15.6 Å². The van der Waals surface area contributed by atoms with Crippen molar-refractivity contribution in [1.29, 1.82) is 0 Å². The van der Waals surface area contributed by atoms with E-state index in [4.69, 9.17) is 0 Å². The standard InChI is InChI=1S/C14H13F2N3O/c1-8-3-4-18-7-12(8)19-14(20)9-5-10(15)13(17-2)11(16)6-9/h3-7,17H,1-2H3,(H,19,20). The highest BCUT2D eigenvalue weighted by molar-refractivity contribution is 6.04. The first-order valence-corrected chi connectivity index (χ1v) is 5.91. The molecule has 0 unspecified atom stereocenters. The van der Waals surface area contributed by atoms with Crippen LogP contribution < -0.4 is 10.6 Å². The van der Waals surface area contributed by atoms with Crippen LogP contribution in [0.4, 0.5) is 20.2 Å². The van der Waals surface area contributed by atoms with Crippen LogP contribution in [0.15, 0.2) is 30.6 Å². The molecule has 4 nitrogen and oxygen atoms in total. The maximum Gasteiger partial charge on any atom is 0.255 e. The molecule has 0 saturated carbocycles. The zero-order valence-electron chi connectivity index (χ0n) is 11.0. The number of carbonyl (C=O) groups excluding carboxylic acids is 1. The minimum atomic E-state index is -0.819. The average Bonchev–Trinajstić information content (AvgIpc) is 2.41. The zero-order chi connectivity index (χ0) is 14.7. The summed E-state index contributed by atoms with van der Waals surface area (Å²) in [6, 6.07) is 3.69. The Kier molecular flexibility index (Phi) is 3.93. The summed E-state index contributed by atoms with van der Waals surface area (Å²) in [6.07, 6.45) is 3.06. The predicted octanol–water partition coefficient (Wildman–Crippen LogP) is 2.96. The second kappa shape index (κ2) is 5.64. The van der Waals surface area contributed by atoms with Crippen LogP contribution in [-0.2, 0) is 0 Å². The first-order valence-electron chi connectivity index (χ1n) is 5.91. The molecule has 104 valence electrons. The number of hydrogen-bond acceptors (Lipinski definition) is 3. The third-order valence-electron chi connectivity index (χ3n) is 2.84. The molecule has 0 fully saturated rings. The number of benzene rings is 1. The van der Waals surface area contributed by atoms with Gasteiger partial charge in [0.1, 0.15) is 17.3 Å². The van der Waals surface area contributed by atoms with Gasteiger partial charge in [-0.25, -0.2) is 8.78 Å². The summed E-state index contributed by atoms with van der Waals surface area (Å²) in [5.74, 6) is -2.23. The third kappa shape index (κ3) is 2.74. The number of anilines is 2. The number of nitrogens with zero attached hydrogens (tertiary/aromatic N) is 1. The molecule has 1 amide bonds. The summed E-state index contributed by atoms with van der Waals surface area (Å²) in [5.41, 5.74) is 0.943. The monoisotopic (exact) mass is 277 g/mol. The van der Waals surface area contributed by atoms with Crippen molar-refractivity contribution >= 4 is 17.3 Å². The van der Waals surface area contributed by atoms with Gasteiger partial charge in [0.2, 0.25) is 0 Å². The van der Waals surface area contributed by atoms with Crippen molar-refractivity contribution in [2.24, 2.45) is 0 Å². The smallest absolute Gasteiger partial charge is 0.255 e. The summed E-state index contributed by atoms with van der Waals surface area (Å²) in [7, 11) is 1.40. The van der Waals surface area contributed by atoms with Crippen LogP contribution in [0.3, 0.4) is 0 Å². The average molecular weight is 277 g/mol. The third-order valence-corrected chi connectivity index (χ3v) is 2.84. The Bertz CT molecular complexity index is 636. The Morgan fingerprint density at radius 1 is 1.25 bits per heavy atom. The van der Waals surface area contributed by atoms with Gasteiger partial charge in [-0.15, -0.1) is 0 Å². The molecule has 2 N–H and O–H groups in total. The molecule has 2 rings (SSSR count). The molecule has 1 aromatic carbocycles. The normalized spacial score (nSPS) is 10.2. The molecule has 1 heterocycles. The fourth-order valence-corrected chi connectivity index (χ4v) is 1.73. The van der Waals surface area contributed by atoms with Gasteiger partial charge < -0.3 is 10.6 Å². The number of rotatable bonds is 3. The van der Waals surface area contributed by atoms with E-state index in [9.17, 15) is 13.6 Å². The van der Waals surface area contributed by atoms with Crippen molar-refractivity contribution < 1.29 is 13.6 Å². The highest BCUT2D eigenvalue weighted by Crippen LogP contribution is 2.21. The number of nitrogens with one attached hydrogen (secondary N) is 2. The minimum Gasteiger partial charge on any atom is -0.383 e. The lowest BCUT2D eigenvalue weighted by Gasteiger charge is -2.09. The number of hydrogen-bond donors (Lipinski definition) is 2. The van der Waals surface area contributed by atoms with Crippen molar-refractivity contribution in [2.75, 3.05) is 17.7 Å². The van der Waals surface area contributed by atoms with E-state index in [1.165, 1.54) is 13.2 Å². The maximum absolute atomic E-state index is 13.6. The SMILES string of the molecule is CNc1c(F)cc(C(=O)Nc2cnccc2C)cc1F. The fraction of sp³-hybridized carbons (Fsp3) is 0.143. The highest BCUT2D eigenvalue weighted by atomic mass is 19.1. The molecule has 1 aromatic heterocycles. The largest absolute Gasteiger partial charge is 0.383 e. The van der Waals surface area contributed by atoms with E-state index >= 15 is 0 Å². The fourth-order valence-electron chi connectivity index (χ4n) is 1.73. The molecular weight excluding hydrogens is 264 g/mol. The van der Waals surface area contributed by atoms with Gasteiger partial charge in [0.05, 0.1) is 11.9 Å². The van der Waals surface area contributed by atoms with Gasteiger partial charge in [-0.05, 0) is 30.7 Å². The number of aromatic nitrogens is 1. The van der Waals surface area contributed by atoms with Crippen molar-refractivity contribution in [2.45, 2.75) is 6.92 Å². The molecule has 0 radical (unpaired) electrons. The Balaban J connectivity index is 2.29. The van der Waals surface area contributed by atoms with E-state index in [1.54, 1.807) is 19.2 Å². The summed E-state index contributed by atoms with van der Waals surface area (Å²) >= 11 is 0. The molecule has 0 bridgehead atoms. The number of carbonyl (C=O) groups is 1. The Labute approximate surface area is 114 Å². The zero-order valence-corrected chi connectivity index (χ0v) is 11.0. The molecule has 20 heavy (non-hydrogen) atoms. The van der Waals surface area contributed by atoms with Gasteiger partial charge in [-0.3, -0.25) is 9.78 Å². The summed E-state index contributed by atoms with van der Waals surface area (Å²) in [4.78, 5) is 15.9. The lowest BCUT2D eigenvalue weighted by Crippen LogP contribution is -2.14. The molecule has 2 aromatic rings. The van der Waals surface area contributed by atoms with Gasteiger partial charge in [0.15, 0.2) is 0 Å². The first kappa shape index (κ1) is 13.9. The van der Waals surface area contributed by atoms with Crippen LogP contribution in [0.5, 0.6) is 0 Å². The Hall–Kier alpha value is -2.50. The van der Waals surface area contributed by atoms with Gasteiger partial charge >= 0.3 is 0 Å². The van der Waals surface area contributed by atoms with Gasteiger partial charge in [-0.1, -0.05) is 0 Å². The second-order valence-electron chi connectivity index (χ2n) is 4.21. The number of pyridine rings is 1.